The average Bonchev–Trinajstić information content (AvgIpc) is 3.00. The third-order valence-electron chi connectivity index (χ3n) is 3.34. The quantitative estimate of drug-likeness (QED) is 0.864. The molecule has 1 aliphatic rings. The highest BCUT2D eigenvalue weighted by molar-refractivity contribution is 5.16. The van der Waals surface area contributed by atoms with Crippen molar-refractivity contribution < 1.29 is 0 Å². The van der Waals surface area contributed by atoms with Crippen molar-refractivity contribution in [2.75, 3.05) is 6.54 Å². The van der Waals surface area contributed by atoms with Crippen LogP contribution in [0.2, 0.25) is 0 Å². The summed E-state index contributed by atoms with van der Waals surface area (Å²) in [6, 6.07) is 11.6. The Morgan fingerprint density at radius 3 is 2.94 bits per heavy atom. The molecule has 2 atom stereocenters. The van der Waals surface area contributed by atoms with Gasteiger partial charge in [0.2, 0.25) is 0 Å². The minimum atomic E-state index is 0.450. The molecule has 17 heavy (non-hydrogen) atoms. The average molecular weight is 228 g/mol. The summed E-state index contributed by atoms with van der Waals surface area (Å²) >= 11 is 0. The summed E-state index contributed by atoms with van der Waals surface area (Å²) in [5, 5.41) is 11.5. The van der Waals surface area contributed by atoms with Gasteiger partial charge in [0, 0.05) is 18.8 Å². The molecule has 2 unspecified atom stereocenters. The second kappa shape index (κ2) is 4.67. The number of hydrogen-bond acceptors (Lipinski definition) is 3. The summed E-state index contributed by atoms with van der Waals surface area (Å²) < 4.78 is 1.96. The van der Waals surface area contributed by atoms with E-state index in [0.29, 0.717) is 12.1 Å². The van der Waals surface area contributed by atoms with Gasteiger partial charge in [-0.3, -0.25) is 0 Å². The van der Waals surface area contributed by atoms with Crippen molar-refractivity contribution in [3.05, 3.63) is 48.3 Å². The van der Waals surface area contributed by atoms with Crippen molar-refractivity contribution in [3.8, 4) is 0 Å². The molecule has 0 amide bonds. The van der Waals surface area contributed by atoms with Crippen molar-refractivity contribution in [1.29, 1.82) is 0 Å². The van der Waals surface area contributed by atoms with Crippen molar-refractivity contribution in [2.24, 2.45) is 0 Å². The Kier molecular flexibility index (Phi) is 2.88. The maximum absolute atomic E-state index is 4.07. The van der Waals surface area contributed by atoms with E-state index in [0.717, 1.165) is 19.4 Å². The van der Waals surface area contributed by atoms with Crippen LogP contribution in [-0.4, -0.2) is 27.6 Å². The SMILES string of the molecule is c1ccc(CC2CC(n3ccnn3)CN2)cc1. The molecule has 2 aromatic rings. The van der Waals surface area contributed by atoms with Crippen molar-refractivity contribution >= 4 is 0 Å². The fourth-order valence-electron chi connectivity index (χ4n) is 2.47. The van der Waals surface area contributed by atoms with Crippen LogP contribution < -0.4 is 5.32 Å². The van der Waals surface area contributed by atoms with Gasteiger partial charge in [-0.05, 0) is 18.4 Å². The molecular formula is C13H16N4. The molecule has 0 saturated carbocycles. The first kappa shape index (κ1) is 10.5. The smallest absolute Gasteiger partial charge is 0.0693 e. The summed E-state index contributed by atoms with van der Waals surface area (Å²) in [6.45, 7) is 0.987. The molecule has 0 spiro atoms. The monoisotopic (exact) mass is 228 g/mol. The first-order valence-electron chi connectivity index (χ1n) is 6.05. The summed E-state index contributed by atoms with van der Waals surface area (Å²) in [5.41, 5.74) is 1.39. The van der Waals surface area contributed by atoms with Crippen LogP contribution in [-0.2, 0) is 6.42 Å². The molecule has 1 N–H and O–H groups in total. The van der Waals surface area contributed by atoms with Crippen molar-refractivity contribution in [3.63, 3.8) is 0 Å². The van der Waals surface area contributed by atoms with Gasteiger partial charge in [-0.2, -0.15) is 0 Å². The molecule has 88 valence electrons. The number of benzene rings is 1. The molecular weight excluding hydrogens is 212 g/mol. The third kappa shape index (κ3) is 2.36. The number of aromatic nitrogens is 3. The standard InChI is InChI=1S/C13H16N4/c1-2-4-11(5-3-1)8-12-9-13(10-14-12)17-7-6-15-16-17/h1-7,12-14H,8-10H2. The lowest BCUT2D eigenvalue weighted by molar-refractivity contribution is 0.464. The Bertz CT molecular complexity index is 452. The summed E-state index contributed by atoms with van der Waals surface area (Å²) in [4.78, 5) is 0. The van der Waals surface area contributed by atoms with Crippen LogP contribution in [0, 0.1) is 0 Å². The van der Waals surface area contributed by atoms with Crippen LogP contribution in [0.5, 0.6) is 0 Å². The van der Waals surface area contributed by atoms with Gasteiger partial charge < -0.3 is 5.32 Å². The topological polar surface area (TPSA) is 42.7 Å². The Morgan fingerprint density at radius 1 is 1.29 bits per heavy atom. The van der Waals surface area contributed by atoms with Crippen LogP contribution in [0.1, 0.15) is 18.0 Å². The van der Waals surface area contributed by atoms with E-state index < -0.39 is 0 Å². The first-order valence-corrected chi connectivity index (χ1v) is 6.05. The van der Waals surface area contributed by atoms with Gasteiger partial charge in [-0.1, -0.05) is 35.5 Å². The van der Waals surface area contributed by atoms with Gasteiger partial charge in [0.25, 0.3) is 0 Å². The molecule has 4 nitrogen and oxygen atoms in total. The molecule has 0 radical (unpaired) electrons. The van der Waals surface area contributed by atoms with E-state index in [1.54, 1.807) is 6.20 Å². The molecule has 1 aromatic heterocycles. The molecule has 0 bridgehead atoms. The van der Waals surface area contributed by atoms with E-state index in [9.17, 15) is 0 Å². The number of nitrogens with zero attached hydrogens (tertiary/aromatic N) is 3. The van der Waals surface area contributed by atoms with Gasteiger partial charge >= 0.3 is 0 Å². The molecule has 1 aliphatic heterocycles. The maximum Gasteiger partial charge on any atom is 0.0693 e. The van der Waals surface area contributed by atoms with E-state index in [-0.39, 0.29) is 0 Å². The predicted octanol–water partition coefficient (Wildman–Crippen LogP) is 1.42. The third-order valence-corrected chi connectivity index (χ3v) is 3.34. The predicted molar refractivity (Wildman–Crippen MR) is 65.6 cm³/mol. The molecule has 3 rings (SSSR count). The fraction of sp³-hybridized carbons (Fsp3) is 0.385. The zero-order valence-electron chi connectivity index (χ0n) is 9.66. The first-order chi connectivity index (χ1) is 8.42. The van der Waals surface area contributed by atoms with Crippen LogP contribution >= 0.6 is 0 Å². The lowest BCUT2D eigenvalue weighted by Crippen LogP contribution is -2.23. The van der Waals surface area contributed by atoms with E-state index in [4.69, 9.17) is 0 Å². The second-order valence-electron chi connectivity index (χ2n) is 4.57. The zero-order chi connectivity index (χ0) is 11.5. The molecule has 2 heterocycles. The minimum Gasteiger partial charge on any atom is -0.311 e. The van der Waals surface area contributed by atoms with E-state index in [1.807, 2.05) is 10.9 Å². The van der Waals surface area contributed by atoms with Crippen molar-refractivity contribution in [1.82, 2.24) is 20.3 Å². The number of hydrogen-bond donors (Lipinski definition) is 1. The lowest BCUT2D eigenvalue weighted by Gasteiger charge is -2.10. The highest BCUT2D eigenvalue weighted by Crippen LogP contribution is 2.20. The van der Waals surface area contributed by atoms with E-state index in [2.05, 4.69) is 46.0 Å². The maximum atomic E-state index is 4.07. The summed E-state index contributed by atoms with van der Waals surface area (Å²) in [5.74, 6) is 0. The zero-order valence-corrected chi connectivity index (χ0v) is 9.66. The molecule has 1 fully saturated rings. The van der Waals surface area contributed by atoms with Crippen LogP contribution in [0.15, 0.2) is 42.7 Å². The van der Waals surface area contributed by atoms with Gasteiger partial charge in [0.1, 0.15) is 0 Å². The van der Waals surface area contributed by atoms with E-state index >= 15 is 0 Å². The van der Waals surface area contributed by atoms with Gasteiger partial charge in [-0.25, -0.2) is 4.68 Å². The van der Waals surface area contributed by atoms with E-state index in [1.165, 1.54) is 5.56 Å². The minimum absolute atomic E-state index is 0.450. The number of nitrogens with one attached hydrogen (secondary N) is 1. The fourth-order valence-corrected chi connectivity index (χ4v) is 2.47. The normalized spacial score (nSPS) is 24.0. The second-order valence-corrected chi connectivity index (χ2v) is 4.57. The summed E-state index contributed by atoms with van der Waals surface area (Å²) in [6.07, 6.45) is 5.89. The highest BCUT2D eigenvalue weighted by atomic mass is 15.4. The largest absolute Gasteiger partial charge is 0.311 e. The number of rotatable bonds is 3. The van der Waals surface area contributed by atoms with Gasteiger partial charge in [-0.15, -0.1) is 5.10 Å². The molecule has 0 aliphatic carbocycles. The lowest BCUT2D eigenvalue weighted by atomic mass is 10.0. The van der Waals surface area contributed by atoms with Gasteiger partial charge in [0.05, 0.1) is 12.2 Å². The van der Waals surface area contributed by atoms with Crippen LogP contribution in [0.25, 0.3) is 0 Å². The Labute approximate surface area is 101 Å². The Morgan fingerprint density at radius 2 is 2.18 bits per heavy atom. The molecule has 1 aromatic carbocycles. The molecule has 1 saturated heterocycles. The summed E-state index contributed by atoms with van der Waals surface area (Å²) in [7, 11) is 0. The van der Waals surface area contributed by atoms with Crippen molar-refractivity contribution in [2.45, 2.75) is 24.9 Å². The molecule has 4 heteroatoms. The van der Waals surface area contributed by atoms with Crippen LogP contribution in [0.3, 0.4) is 0 Å². The van der Waals surface area contributed by atoms with Gasteiger partial charge in [0.15, 0.2) is 0 Å². The highest BCUT2D eigenvalue weighted by Gasteiger charge is 2.25. The Hall–Kier alpha value is -1.68. The Balaban J connectivity index is 1.61. The van der Waals surface area contributed by atoms with Crippen LogP contribution in [0.4, 0.5) is 0 Å².